The molecular weight excluding hydrogens is 330 g/mol. The quantitative estimate of drug-likeness (QED) is 0.807. The van der Waals surface area contributed by atoms with Crippen LogP contribution in [0.5, 0.6) is 5.75 Å². The Labute approximate surface area is 155 Å². The number of likely N-dealkylation sites (tertiary alicyclic amines) is 1. The van der Waals surface area contributed by atoms with E-state index in [0.717, 1.165) is 31.7 Å². The summed E-state index contributed by atoms with van der Waals surface area (Å²) in [6, 6.07) is 7.59. The first-order valence-electron chi connectivity index (χ1n) is 9.52. The Bertz CT molecular complexity index is 649. The summed E-state index contributed by atoms with van der Waals surface area (Å²) in [5.74, 6) is 1.58. The van der Waals surface area contributed by atoms with E-state index in [1.165, 1.54) is 6.42 Å². The van der Waals surface area contributed by atoms with Crippen molar-refractivity contribution in [3.63, 3.8) is 0 Å². The van der Waals surface area contributed by atoms with Crippen molar-refractivity contribution in [3.05, 3.63) is 24.3 Å². The molecule has 0 spiro atoms. The third-order valence-electron chi connectivity index (χ3n) is 5.33. The van der Waals surface area contributed by atoms with E-state index >= 15 is 0 Å². The molecule has 0 aliphatic carbocycles. The summed E-state index contributed by atoms with van der Waals surface area (Å²) < 4.78 is 5.37. The molecule has 0 saturated carbocycles. The number of amides is 2. The van der Waals surface area contributed by atoms with Gasteiger partial charge in [0.1, 0.15) is 5.75 Å². The molecule has 0 aromatic heterocycles. The van der Waals surface area contributed by atoms with Crippen molar-refractivity contribution in [2.75, 3.05) is 51.3 Å². The van der Waals surface area contributed by atoms with Crippen LogP contribution in [-0.2, 0) is 9.59 Å². The minimum absolute atomic E-state index is 0.0554. The highest BCUT2D eigenvalue weighted by molar-refractivity contribution is 5.97. The van der Waals surface area contributed by atoms with E-state index < -0.39 is 0 Å². The zero-order valence-corrected chi connectivity index (χ0v) is 15.8. The molecule has 1 atom stereocenters. The van der Waals surface area contributed by atoms with Crippen molar-refractivity contribution in [3.8, 4) is 5.75 Å². The molecule has 2 heterocycles. The Morgan fingerprint density at radius 2 is 2.04 bits per heavy atom. The largest absolute Gasteiger partial charge is 0.495 e. The molecule has 142 valence electrons. The van der Waals surface area contributed by atoms with Crippen molar-refractivity contribution in [2.45, 2.75) is 26.2 Å². The fraction of sp³-hybridized carbons (Fsp3) is 0.600. The highest BCUT2D eigenvalue weighted by Crippen LogP contribution is 2.28. The second-order valence-electron chi connectivity index (χ2n) is 7.33. The topological polar surface area (TPSA) is 53.1 Å². The molecular formula is C20H29N3O3. The molecule has 2 saturated heterocycles. The molecule has 2 fully saturated rings. The SMILES string of the molecule is COc1ccccc1N1CCN(CCC(=O)N2CCC[C@@H](C)C2)CC1=O. The Hall–Kier alpha value is -2.08. The minimum Gasteiger partial charge on any atom is -0.495 e. The molecule has 1 aromatic rings. The van der Waals surface area contributed by atoms with Gasteiger partial charge in [-0.25, -0.2) is 0 Å². The molecule has 0 bridgehead atoms. The molecule has 2 amide bonds. The van der Waals surface area contributed by atoms with Gasteiger partial charge < -0.3 is 14.5 Å². The molecule has 0 unspecified atom stereocenters. The van der Waals surface area contributed by atoms with E-state index in [1.807, 2.05) is 29.2 Å². The van der Waals surface area contributed by atoms with Gasteiger partial charge in [0.25, 0.3) is 0 Å². The summed E-state index contributed by atoms with van der Waals surface area (Å²) in [5, 5.41) is 0. The maximum Gasteiger partial charge on any atom is 0.241 e. The lowest BCUT2D eigenvalue weighted by Gasteiger charge is -2.35. The number of anilines is 1. The van der Waals surface area contributed by atoms with E-state index in [-0.39, 0.29) is 11.8 Å². The molecule has 0 N–H and O–H groups in total. The van der Waals surface area contributed by atoms with Crippen molar-refractivity contribution in [2.24, 2.45) is 5.92 Å². The number of ether oxygens (including phenoxy) is 1. The van der Waals surface area contributed by atoms with Crippen molar-refractivity contribution < 1.29 is 14.3 Å². The highest BCUT2D eigenvalue weighted by atomic mass is 16.5. The maximum absolute atomic E-state index is 12.6. The van der Waals surface area contributed by atoms with E-state index in [2.05, 4.69) is 11.8 Å². The highest BCUT2D eigenvalue weighted by Gasteiger charge is 2.28. The number of rotatable bonds is 5. The second-order valence-corrected chi connectivity index (χ2v) is 7.33. The van der Waals surface area contributed by atoms with Gasteiger partial charge in [-0.2, -0.15) is 0 Å². The number of nitrogens with zero attached hydrogens (tertiary/aromatic N) is 3. The lowest BCUT2D eigenvalue weighted by molar-refractivity contribution is -0.133. The van der Waals surface area contributed by atoms with Crippen LogP contribution in [0.25, 0.3) is 0 Å². The van der Waals surface area contributed by atoms with Gasteiger partial charge in [-0.15, -0.1) is 0 Å². The van der Waals surface area contributed by atoms with Gasteiger partial charge >= 0.3 is 0 Å². The van der Waals surface area contributed by atoms with Crippen LogP contribution < -0.4 is 9.64 Å². The smallest absolute Gasteiger partial charge is 0.241 e. The van der Waals surface area contributed by atoms with E-state index in [0.29, 0.717) is 37.7 Å². The average molecular weight is 359 g/mol. The van der Waals surface area contributed by atoms with Gasteiger partial charge in [-0.05, 0) is 30.9 Å². The minimum atomic E-state index is 0.0554. The maximum atomic E-state index is 12.6. The number of hydrogen-bond acceptors (Lipinski definition) is 4. The van der Waals surface area contributed by atoms with Crippen LogP contribution in [0.3, 0.4) is 0 Å². The number of methoxy groups -OCH3 is 1. The first-order valence-corrected chi connectivity index (χ1v) is 9.52. The number of carbonyl (C=O) groups is 2. The Morgan fingerprint density at radius 3 is 2.77 bits per heavy atom. The van der Waals surface area contributed by atoms with Gasteiger partial charge in [-0.1, -0.05) is 19.1 Å². The fourth-order valence-corrected chi connectivity index (χ4v) is 3.85. The first-order chi connectivity index (χ1) is 12.6. The molecule has 2 aliphatic heterocycles. The van der Waals surface area contributed by atoms with Gasteiger partial charge in [0, 0.05) is 39.1 Å². The number of benzene rings is 1. The molecule has 6 heteroatoms. The fourth-order valence-electron chi connectivity index (χ4n) is 3.85. The number of piperidine rings is 1. The average Bonchev–Trinajstić information content (AvgIpc) is 2.66. The van der Waals surface area contributed by atoms with Gasteiger partial charge in [0.05, 0.1) is 19.3 Å². The zero-order chi connectivity index (χ0) is 18.5. The van der Waals surface area contributed by atoms with Gasteiger partial charge in [0.2, 0.25) is 11.8 Å². The van der Waals surface area contributed by atoms with Crippen LogP contribution >= 0.6 is 0 Å². The predicted octanol–water partition coefficient (Wildman–Crippen LogP) is 1.99. The Balaban J connectivity index is 1.51. The van der Waals surface area contributed by atoms with Crippen LogP contribution in [0, 0.1) is 5.92 Å². The van der Waals surface area contributed by atoms with Crippen LogP contribution in [0.15, 0.2) is 24.3 Å². The van der Waals surface area contributed by atoms with Gasteiger partial charge in [-0.3, -0.25) is 14.5 Å². The number of carbonyl (C=O) groups excluding carboxylic acids is 2. The molecule has 6 nitrogen and oxygen atoms in total. The predicted molar refractivity (Wildman–Crippen MR) is 101 cm³/mol. The zero-order valence-electron chi connectivity index (χ0n) is 15.8. The van der Waals surface area contributed by atoms with Crippen LogP contribution in [-0.4, -0.2) is 68.0 Å². The van der Waals surface area contributed by atoms with Crippen LogP contribution in [0.2, 0.25) is 0 Å². The van der Waals surface area contributed by atoms with Crippen molar-refractivity contribution in [1.82, 2.24) is 9.80 Å². The third kappa shape index (κ3) is 4.36. The Morgan fingerprint density at radius 1 is 1.23 bits per heavy atom. The number of para-hydroxylation sites is 2. The number of piperazine rings is 1. The monoisotopic (exact) mass is 359 g/mol. The summed E-state index contributed by atoms with van der Waals surface area (Å²) in [7, 11) is 1.62. The van der Waals surface area contributed by atoms with E-state index in [4.69, 9.17) is 4.74 Å². The molecule has 0 radical (unpaired) electrons. The van der Waals surface area contributed by atoms with E-state index in [9.17, 15) is 9.59 Å². The molecule has 3 rings (SSSR count). The molecule has 1 aromatic carbocycles. The van der Waals surface area contributed by atoms with Crippen molar-refractivity contribution in [1.29, 1.82) is 0 Å². The standard InChI is InChI=1S/C20H29N3O3/c1-16-6-5-10-22(14-16)19(24)9-11-21-12-13-23(20(25)15-21)17-7-3-4-8-18(17)26-2/h3-4,7-8,16H,5-6,9-15H2,1-2H3/t16-/m1/s1. The lowest BCUT2D eigenvalue weighted by atomic mass is 10.00. The summed E-state index contributed by atoms with van der Waals surface area (Å²) in [6.07, 6.45) is 2.81. The first kappa shape index (κ1) is 18.7. The van der Waals surface area contributed by atoms with Crippen molar-refractivity contribution >= 4 is 17.5 Å². The molecule has 26 heavy (non-hydrogen) atoms. The number of hydrogen-bond donors (Lipinski definition) is 0. The summed E-state index contributed by atoms with van der Waals surface area (Å²) >= 11 is 0. The lowest BCUT2D eigenvalue weighted by Crippen LogP contribution is -2.51. The summed E-state index contributed by atoms with van der Waals surface area (Å²) in [4.78, 5) is 30.9. The summed E-state index contributed by atoms with van der Waals surface area (Å²) in [6.45, 7) is 6.34. The van der Waals surface area contributed by atoms with Gasteiger partial charge in [0.15, 0.2) is 0 Å². The normalized spacial score (nSPS) is 21.8. The third-order valence-corrected chi connectivity index (χ3v) is 5.33. The summed E-state index contributed by atoms with van der Waals surface area (Å²) in [5.41, 5.74) is 0.818. The molecule has 2 aliphatic rings. The second kappa shape index (κ2) is 8.54. The van der Waals surface area contributed by atoms with E-state index in [1.54, 1.807) is 12.0 Å². The van der Waals surface area contributed by atoms with Crippen LogP contribution in [0.4, 0.5) is 5.69 Å². The Kier molecular flexibility index (Phi) is 6.14. The van der Waals surface area contributed by atoms with Crippen LogP contribution in [0.1, 0.15) is 26.2 Å².